The Balaban J connectivity index is 1.80. The minimum Gasteiger partial charge on any atom is -0.441 e. The maximum absolute atomic E-state index is 5.45. The SMILES string of the molecule is Cc1nc2cc(NCc3sccc3Br)ccc2o1. The monoisotopic (exact) mass is 322 g/mol. The van der Waals surface area contributed by atoms with Crippen LogP contribution in [0.5, 0.6) is 0 Å². The van der Waals surface area contributed by atoms with Gasteiger partial charge in [-0.3, -0.25) is 0 Å². The first-order valence-corrected chi connectivity index (χ1v) is 7.22. The zero-order valence-corrected chi connectivity index (χ0v) is 12.1. The Morgan fingerprint density at radius 2 is 2.28 bits per heavy atom. The van der Waals surface area contributed by atoms with E-state index in [0.717, 1.165) is 27.8 Å². The minimum atomic E-state index is 0.697. The van der Waals surface area contributed by atoms with Crippen molar-refractivity contribution in [3.8, 4) is 0 Å². The van der Waals surface area contributed by atoms with Crippen LogP contribution in [0.3, 0.4) is 0 Å². The van der Waals surface area contributed by atoms with Gasteiger partial charge >= 0.3 is 0 Å². The van der Waals surface area contributed by atoms with Crippen LogP contribution in [-0.4, -0.2) is 4.98 Å². The second kappa shape index (κ2) is 4.74. The molecule has 5 heteroatoms. The van der Waals surface area contributed by atoms with Gasteiger partial charge in [-0.15, -0.1) is 11.3 Å². The summed E-state index contributed by atoms with van der Waals surface area (Å²) in [5, 5.41) is 5.46. The first-order valence-electron chi connectivity index (χ1n) is 5.55. The van der Waals surface area contributed by atoms with Gasteiger partial charge in [-0.1, -0.05) is 0 Å². The molecule has 0 unspecified atom stereocenters. The molecule has 1 N–H and O–H groups in total. The molecule has 0 bridgehead atoms. The maximum atomic E-state index is 5.45. The fraction of sp³-hybridized carbons (Fsp3) is 0.154. The lowest BCUT2D eigenvalue weighted by Crippen LogP contribution is -1.97. The van der Waals surface area contributed by atoms with Crippen molar-refractivity contribution in [2.45, 2.75) is 13.5 Å². The van der Waals surface area contributed by atoms with E-state index in [4.69, 9.17) is 4.42 Å². The van der Waals surface area contributed by atoms with E-state index in [2.05, 4.69) is 37.7 Å². The molecule has 0 saturated heterocycles. The van der Waals surface area contributed by atoms with Crippen LogP contribution in [0.2, 0.25) is 0 Å². The third-order valence-corrected chi connectivity index (χ3v) is 4.56. The van der Waals surface area contributed by atoms with E-state index in [1.54, 1.807) is 11.3 Å². The van der Waals surface area contributed by atoms with Crippen molar-refractivity contribution in [2.24, 2.45) is 0 Å². The maximum Gasteiger partial charge on any atom is 0.192 e. The van der Waals surface area contributed by atoms with Crippen LogP contribution in [0.25, 0.3) is 11.1 Å². The van der Waals surface area contributed by atoms with Gasteiger partial charge in [0.05, 0.1) is 6.54 Å². The second-order valence-electron chi connectivity index (χ2n) is 3.96. The van der Waals surface area contributed by atoms with Gasteiger partial charge in [0.2, 0.25) is 0 Å². The van der Waals surface area contributed by atoms with Crippen molar-refractivity contribution in [3.63, 3.8) is 0 Å². The minimum absolute atomic E-state index is 0.697. The standard InChI is InChI=1S/C13H11BrN2OS/c1-8-16-11-6-9(2-3-12(11)17-8)15-7-13-10(14)4-5-18-13/h2-6,15H,7H2,1H3. The highest BCUT2D eigenvalue weighted by atomic mass is 79.9. The molecule has 0 aliphatic heterocycles. The highest BCUT2D eigenvalue weighted by Crippen LogP contribution is 2.25. The Morgan fingerprint density at radius 3 is 3.06 bits per heavy atom. The highest BCUT2D eigenvalue weighted by molar-refractivity contribution is 9.10. The van der Waals surface area contributed by atoms with Gasteiger partial charge < -0.3 is 9.73 Å². The molecule has 0 spiro atoms. The number of halogens is 1. The summed E-state index contributed by atoms with van der Waals surface area (Å²) in [6.07, 6.45) is 0. The summed E-state index contributed by atoms with van der Waals surface area (Å²) in [5.74, 6) is 0.697. The number of oxazole rings is 1. The molecule has 3 nitrogen and oxygen atoms in total. The summed E-state index contributed by atoms with van der Waals surface area (Å²) < 4.78 is 6.60. The number of nitrogens with zero attached hydrogens (tertiary/aromatic N) is 1. The number of thiophene rings is 1. The van der Waals surface area contributed by atoms with Gasteiger partial charge in [-0.05, 0) is 45.6 Å². The summed E-state index contributed by atoms with van der Waals surface area (Å²) in [6.45, 7) is 2.66. The molecule has 0 aliphatic carbocycles. The summed E-state index contributed by atoms with van der Waals surface area (Å²) in [5.41, 5.74) is 2.77. The van der Waals surface area contributed by atoms with E-state index in [0.29, 0.717) is 5.89 Å². The summed E-state index contributed by atoms with van der Waals surface area (Å²) in [4.78, 5) is 5.61. The molecule has 0 radical (unpaired) electrons. The van der Waals surface area contributed by atoms with Crippen molar-refractivity contribution in [2.75, 3.05) is 5.32 Å². The fourth-order valence-electron chi connectivity index (χ4n) is 1.79. The van der Waals surface area contributed by atoms with E-state index in [-0.39, 0.29) is 0 Å². The lowest BCUT2D eigenvalue weighted by molar-refractivity contribution is 0.561. The molecule has 2 heterocycles. The van der Waals surface area contributed by atoms with Crippen LogP contribution < -0.4 is 5.32 Å². The van der Waals surface area contributed by atoms with Gasteiger partial charge in [0.15, 0.2) is 11.5 Å². The lowest BCUT2D eigenvalue weighted by atomic mass is 10.3. The second-order valence-corrected chi connectivity index (χ2v) is 5.82. The van der Waals surface area contributed by atoms with Gasteiger partial charge in [0, 0.05) is 22.0 Å². The molecule has 3 aromatic rings. The van der Waals surface area contributed by atoms with Crippen molar-refractivity contribution in [3.05, 3.63) is 44.9 Å². The Labute approximate surface area is 117 Å². The number of aromatic nitrogens is 1. The Hall–Kier alpha value is -1.33. The van der Waals surface area contributed by atoms with Gasteiger partial charge in [0.25, 0.3) is 0 Å². The van der Waals surface area contributed by atoms with E-state index in [1.807, 2.05) is 25.1 Å². The summed E-state index contributed by atoms with van der Waals surface area (Å²) >= 11 is 5.26. The van der Waals surface area contributed by atoms with Crippen molar-refractivity contribution in [1.29, 1.82) is 0 Å². The number of hydrogen-bond acceptors (Lipinski definition) is 4. The Bertz CT molecular complexity index is 689. The van der Waals surface area contributed by atoms with E-state index in [1.165, 1.54) is 4.88 Å². The summed E-state index contributed by atoms with van der Waals surface area (Å²) in [7, 11) is 0. The average molecular weight is 323 g/mol. The number of anilines is 1. The number of fused-ring (bicyclic) bond motifs is 1. The molecule has 0 fully saturated rings. The van der Waals surface area contributed by atoms with Crippen molar-refractivity contribution >= 4 is 44.1 Å². The fourth-order valence-corrected chi connectivity index (χ4v) is 3.22. The molecular formula is C13H11BrN2OS. The Morgan fingerprint density at radius 1 is 1.39 bits per heavy atom. The predicted molar refractivity (Wildman–Crippen MR) is 78.1 cm³/mol. The van der Waals surface area contributed by atoms with Crippen LogP contribution >= 0.6 is 27.3 Å². The third kappa shape index (κ3) is 2.28. The molecule has 2 aromatic heterocycles. The van der Waals surface area contributed by atoms with Crippen molar-refractivity contribution < 1.29 is 4.42 Å². The van der Waals surface area contributed by atoms with Crippen LogP contribution in [-0.2, 0) is 6.54 Å². The Kier molecular flexibility index (Phi) is 3.09. The highest BCUT2D eigenvalue weighted by Gasteiger charge is 2.04. The molecule has 0 amide bonds. The molecule has 18 heavy (non-hydrogen) atoms. The number of nitrogens with one attached hydrogen (secondary N) is 1. The molecular weight excluding hydrogens is 312 g/mol. The van der Waals surface area contributed by atoms with Crippen LogP contribution in [0.4, 0.5) is 5.69 Å². The zero-order chi connectivity index (χ0) is 12.5. The normalized spacial score (nSPS) is 11.0. The zero-order valence-electron chi connectivity index (χ0n) is 9.74. The number of benzene rings is 1. The van der Waals surface area contributed by atoms with Gasteiger partial charge in [-0.25, -0.2) is 4.98 Å². The average Bonchev–Trinajstić information content (AvgIpc) is 2.90. The molecule has 0 saturated carbocycles. The third-order valence-electron chi connectivity index (χ3n) is 2.64. The van der Waals surface area contributed by atoms with Crippen molar-refractivity contribution in [1.82, 2.24) is 4.98 Å². The van der Waals surface area contributed by atoms with Crippen LogP contribution in [0, 0.1) is 6.92 Å². The van der Waals surface area contributed by atoms with Gasteiger partial charge in [-0.2, -0.15) is 0 Å². The van der Waals surface area contributed by atoms with Crippen LogP contribution in [0.1, 0.15) is 10.8 Å². The molecule has 0 aliphatic rings. The topological polar surface area (TPSA) is 38.1 Å². The lowest BCUT2D eigenvalue weighted by Gasteiger charge is -2.04. The van der Waals surface area contributed by atoms with E-state index >= 15 is 0 Å². The molecule has 0 atom stereocenters. The van der Waals surface area contributed by atoms with E-state index < -0.39 is 0 Å². The van der Waals surface area contributed by atoms with Gasteiger partial charge in [0.1, 0.15) is 5.52 Å². The molecule has 92 valence electrons. The smallest absolute Gasteiger partial charge is 0.192 e. The van der Waals surface area contributed by atoms with E-state index in [9.17, 15) is 0 Å². The quantitative estimate of drug-likeness (QED) is 0.767. The number of aryl methyl sites for hydroxylation is 1. The summed E-state index contributed by atoms with van der Waals surface area (Å²) in [6, 6.07) is 8.02. The number of hydrogen-bond donors (Lipinski definition) is 1. The molecule has 1 aromatic carbocycles. The van der Waals surface area contributed by atoms with Crippen LogP contribution in [0.15, 0.2) is 38.5 Å². The first kappa shape index (κ1) is 11.7. The first-order chi connectivity index (χ1) is 8.72. The predicted octanol–water partition coefficient (Wildman–Crippen LogP) is 4.57. The number of rotatable bonds is 3. The molecule has 3 rings (SSSR count). The largest absolute Gasteiger partial charge is 0.441 e.